The Hall–Kier alpha value is -2.64. The zero-order valence-electron chi connectivity index (χ0n) is 10.2. The molecule has 0 saturated heterocycles. The van der Waals surface area contributed by atoms with E-state index in [1.807, 2.05) is 0 Å². The molecule has 1 aromatic rings. The third kappa shape index (κ3) is 3.18. The maximum Gasteiger partial charge on any atom is 0.343 e. The van der Waals surface area contributed by atoms with Crippen LogP contribution in [0.5, 0.6) is 11.5 Å². The zero-order chi connectivity index (χ0) is 14.4. The molecule has 0 bridgehead atoms. The molecular weight excluding hydrogens is 258 g/mol. The minimum absolute atomic E-state index is 0.0230. The van der Waals surface area contributed by atoms with Crippen LogP contribution in [0.4, 0.5) is 5.69 Å². The summed E-state index contributed by atoms with van der Waals surface area (Å²) in [6.45, 7) is -0.426. The molecule has 0 aliphatic heterocycles. The van der Waals surface area contributed by atoms with Crippen molar-refractivity contribution in [3.63, 3.8) is 0 Å². The molecule has 0 aromatic heterocycles. The van der Waals surface area contributed by atoms with E-state index in [0.29, 0.717) is 6.29 Å². The number of rotatable bonds is 6. The largest absolute Gasteiger partial charge is 0.488 e. The van der Waals surface area contributed by atoms with Crippen LogP contribution in [0.25, 0.3) is 0 Å². The highest BCUT2D eigenvalue weighted by molar-refractivity contribution is 5.85. The fourth-order valence-electron chi connectivity index (χ4n) is 1.36. The normalized spacial score (nSPS) is 9.58. The molecule has 0 heterocycles. The van der Waals surface area contributed by atoms with Crippen LogP contribution >= 0.6 is 0 Å². The van der Waals surface area contributed by atoms with Gasteiger partial charge in [0.05, 0.1) is 24.7 Å². The zero-order valence-corrected chi connectivity index (χ0v) is 10.2. The number of nitro benzene ring substituents is 1. The van der Waals surface area contributed by atoms with Crippen LogP contribution in [0.15, 0.2) is 12.1 Å². The van der Waals surface area contributed by atoms with Gasteiger partial charge in [-0.05, 0) is 12.1 Å². The molecular formula is C11H11NO7. The van der Waals surface area contributed by atoms with E-state index in [1.54, 1.807) is 0 Å². The molecule has 19 heavy (non-hydrogen) atoms. The molecule has 0 aliphatic carbocycles. The predicted molar refractivity (Wildman–Crippen MR) is 62.5 cm³/mol. The molecule has 0 aliphatic rings. The Morgan fingerprint density at radius 2 is 2.11 bits per heavy atom. The lowest BCUT2D eigenvalue weighted by Crippen LogP contribution is -2.13. The first-order valence-corrected chi connectivity index (χ1v) is 5.05. The number of nitrogens with zero attached hydrogens (tertiary/aromatic N) is 1. The first-order valence-electron chi connectivity index (χ1n) is 5.05. The third-order valence-corrected chi connectivity index (χ3v) is 2.21. The number of methoxy groups -OCH3 is 2. The molecule has 102 valence electrons. The van der Waals surface area contributed by atoms with Crippen molar-refractivity contribution in [2.45, 2.75) is 0 Å². The van der Waals surface area contributed by atoms with Crippen LogP contribution in [0.1, 0.15) is 10.4 Å². The lowest BCUT2D eigenvalue weighted by molar-refractivity contribution is -0.386. The molecule has 0 saturated carbocycles. The van der Waals surface area contributed by atoms with Gasteiger partial charge in [0.15, 0.2) is 18.6 Å². The van der Waals surface area contributed by atoms with Crippen LogP contribution in [0, 0.1) is 10.1 Å². The quantitative estimate of drug-likeness (QED) is 0.328. The Labute approximate surface area is 108 Å². The Bertz CT molecular complexity index is 512. The first kappa shape index (κ1) is 14.4. The van der Waals surface area contributed by atoms with Gasteiger partial charge < -0.3 is 14.2 Å². The summed E-state index contributed by atoms with van der Waals surface area (Å²) in [7, 11) is 2.38. The van der Waals surface area contributed by atoms with Gasteiger partial charge in [-0.3, -0.25) is 14.9 Å². The van der Waals surface area contributed by atoms with E-state index < -0.39 is 23.2 Å². The van der Waals surface area contributed by atoms with Crippen molar-refractivity contribution in [2.24, 2.45) is 0 Å². The second-order valence-electron chi connectivity index (χ2n) is 3.27. The smallest absolute Gasteiger partial charge is 0.343 e. The minimum atomic E-state index is -0.756. The van der Waals surface area contributed by atoms with Crippen molar-refractivity contribution in [1.82, 2.24) is 0 Å². The second-order valence-corrected chi connectivity index (χ2v) is 3.27. The molecule has 0 spiro atoms. The highest BCUT2D eigenvalue weighted by Gasteiger charge is 2.25. The van der Waals surface area contributed by atoms with Crippen LogP contribution in [0.3, 0.4) is 0 Å². The van der Waals surface area contributed by atoms with E-state index in [-0.39, 0.29) is 17.1 Å². The number of benzene rings is 1. The van der Waals surface area contributed by atoms with Crippen LogP contribution in [-0.4, -0.2) is 38.0 Å². The number of aldehydes is 1. The highest BCUT2D eigenvalue weighted by Crippen LogP contribution is 2.38. The van der Waals surface area contributed by atoms with E-state index in [4.69, 9.17) is 9.47 Å². The van der Waals surface area contributed by atoms with Gasteiger partial charge >= 0.3 is 11.7 Å². The van der Waals surface area contributed by atoms with Crippen molar-refractivity contribution >= 4 is 17.9 Å². The van der Waals surface area contributed by atoms with Crippen molar-refractivity contribution in [3.8, 4) is 11.5 Å². The van der Waals surface area contributed by atoms with Crippen LogP contribution < -0.4 is 9.47 Å². The van der Waals surface area contributed by atoms with Crippen molar-refractivity contribution in [3.05, 3.63) is 27.8 Å². The Morgan fingerprint density at radius 1 is 1.42 bits per heavy atom. The minimum Gasteiger partial charge on any atom is -0.488 e. The summed E-state index contributed by atoms with van der Waals surface area (Å²) < 4.78 is 14.3. The first-order chi connectivity index (χ1) is 9.04. The number of ether oxygens (including phenoxy) is 3. The molecule has 8 heteroatoms. The summed E-state index contributed by atoms with van der Waals surface area (Å²) in [5.41, 5.74) is -0.660. The number of carbonyl (C=O) groups excluding carboxylic acids is 2. The SMILES string of the molecule is COC(=O)COc1ccc(C=O)c([N+](=O)[O-])c1OC. The van der Waals surface area contributed by atoms with Crippen molar-refractivity contribution in [1.29, 1.82) is 0 Å². The number of hydrogen-bond acceptors (Lipinski definition) is 7. The summed E-state index contributed by atoms with van der Waals surface area (Å²) >= 11 is 0. The summed E-state index contributed by atoms with van der Waals surface area (Å²) in [6, 6.07) is 2.51. The molecule has 0 fully saturated rings. The van der Waals surface area contributed by atoms with Gasteiger partial charge in [-0.1, -0.05) is 0 Å². The summed E-state index contributed by atoms with van der Waals surface area (Å²) in [4.78, 5) is 31.9. The highest BCUT2D eigenvalue weighted by atomic mass is 16.6. The molecule has 0 radical (unpaired) electrons. The number of nitro groups is 1. The van der Waals surface area contributed by atoms with Gasteiger partial charge in [0.1, 0.15) is 0 Å². The van der Waals surface area contributed by atoms with Gasteiger partial charge in [0.25, 0.3) is 0 Å². The van der Waals surface area contributed by atoms with E-state index in [2.05, 4.69) is 4.74 Å². The topological polar surface area (TPSA) is 105 Å². The maximum atomic E-state index is 10.9. The Morgan fingerprint density at radius 3 is 2.58 bits per heavy atom. The average Bonchev–Trinajstić information content (AvgIpc) is 2.42. The summed E-state index contributed by atoms with van der Waals surface area (Å²) in [5.74, 6) is -0.895. The molecule has 8 nitrogen and oxygen atoms in total. The van der Waals surface area contributed by atoms with Crippen molar-refractivity contribution in [2.75, 3.05) is 20.8 Å². The van der Waals surface area contributed by atoms with E-state index >= 15 is 0 Å². The lowest BCUT2D eigenvalue weighted by atomic mass is 10.1. The summed E-state index contributed by atoms with van der Waals surface area (Å²) in [6.07, 6.45) is 0.338. The van der Waals surface area contributed by atoms with Gasteiger partial charge in [-0.25, -0.2) is 4.79 Å². The monoisotopic (exact) mass is 269 g/mol. The van der Waals surface area contributed by atoms with Crippen LogP contribution in [0.2, 0.25) is 0 Å². The molecule has 0 amide bonds. The number of esters is 1. The summed E-state index contributed by atoms with van der Waals surface area (Å²) in [5, 5.41) is 10.9. The third-order valence-electron chi connectivity index (χ3n) is 2.21. The Kier molecular flexibility index (Phi) is 4.81. The van der Waals surface area contributed by atoms with E-state index in [9.17, 15) is 19.7 Å². The standard InChI is InChI=1S/C11H11NO7/c1-17-9(14)6-19-8-4-3-7(5-13)10(12(15)16)11(8)18-2/h3-5H,6H2,1-2H3. The second kappa shape index (κ2) is 6.34. The Balaban J connectivity index is 3.19. The molecule has 0 N–H and O–H groups in total. The van der Waals surface area contributed by atoms with E-state index in [0.717, 1.165) is 0 Å². The van der Waals surface area contributed by atoms with E-state index in [1.165, 1.54) is 26.4 Å². The maximum absolute atomic E-state index is 10.9. The molecule has 1 rings (SSSR count). The van der Waals surface area contributed by atoms with Gasteiger partial charge in [-0.2, -0.15) is 0 Å². The number of hydrogen-bond donors (Lipinski definition) is 0. The molecule has 1 aromatic carbocycles. The van der Waals surface area contributed by atoms with Gasteiger partial charge in [-0.15, -0.1) is 0 Å². The number of carbonyl (C=O) groups is 2. The average molecular weight is 269 g/mol. The van der Waals surface area contributed by atoms with Crippen LogP contribution in [-0.2, 0) is 9.53 Å². The lowest BCUT2D eigenvalue weighted by Gasteiger charge is -2.10. The molecule has 0 atom stereocenters. The van der Waals surface area contributed by atoms with Gasteiger partial charge in [0.2, 0.25) is 5.75 Å². The molecule has 0 unspecified atom stereocenters. The fourth-order valence-corrected chi connectivity index (χ4v) is 1.36. The predicted octanol–water partition coefficient (Wildman–Crippen LogP) is 0.968. The van der Waals surface area contributed by atoms with Crippen molar-refractivity contribution < 1.29 is 28.7 Å². The fraction of sp³-hybridized carbons (Fsp3) is 0.273. The van der Waals surface area contributed by atoms with Gasteiger partial charge in [0, 0.05) is 0 Å².